The van der Waals surface area contributed by atoms with Crippen molar-refractivity contribution in [1.82, 2.24) is 0 Å². The van der Waals surface area contributed by atoms with Crippen molar-refractivity contribution < 1.29 is 14.3 Å². The Hall–Kier alpha value is -0.780. The average molecular weight is 276 g/mol. The number of hydrogen-bond acceptors (Lipinski definition) is 4. The molecule has 0 aromatic heterocycles. The summed E-state index contributed by atoms with van der Waals surface area (Å²) in [5.74, 6) is 6.50. The van der Waals surface area contributed by atoms with Gasteiger partial charge < -0.3 is 14.3 Å². The molecule has 0 amide bonds. The minimum atomic E-state index is 0.454. The van der Waals surface area contributed by atoms with Crippen molar-refractivity contribution in [3.63, 3.8) is 0 Å². The second-order valence-corrected chi connectivity index (χ2v) is 3.77. The van der Waals surface area contributed by atoms with Crippen molar-refractivity contribution >= 4 is 15.9 Å². The van der Waals surface area contributed by atoms with Crippen LogP contribution in [0.25, 0.3) is 0 Å². The molecule has 15 heavy (non-hydrogen) atoms. The zero-order valence-electron chi connectivity index (χ0n) is 8.75. The van der Waals surface area contributed by atoms with E-state index in [1.807, 2.05) is 12.1 Å². The normalized spacial score (nSPS) is 10.1. The fourth-order valence-electron chi connectivity index (χ4n) is 1.29. The van der Waals surface area contributed by atoms with Crippen molar-refractivity contribution in [3.05, 3.63) is 22.2 Å². The Morgan fingerprint density at radius 1 is 1.20 bits per heavy atom. The van der Waals surface area contributed by atoms with E-state index < -0.39 is 0 Å². The van der Waals surface area contributed by atoms with Gasteiger partial charge in [-0.15, -0.1) is 0 Å². The van der Waals surface area contributed by atoms with Gasteiger partial charge in [0, 0.05) is 12.5 Å². The number of hydrogen-bond donors (Lipinski definition) is 1. The van der Waals surface area contributed by atoms with Gasteiger partial charge in [-0.05, 0) is 27.6 Å². The SMILES string of the molecule is COc1cc(OC)c(CCON)cc1Br. The molecule has 0 saturated heterocycles. The van der Waals surface area contributed by atoms with Gasteiger partial charge in [-0.2, -0.15) is 0 Å². The molecular weight excluding hydrogens is 262 g/mol. The molecule has 84 valence electrons. The molecule has 0 heterocycles. The van der Waals surface area contributed by atoms with Crippen LogP contribution in [0.4, 0.5) is 0 Å². The van der Waals surface area contributed by atoms with Crippen LogP contribution in [0.2, 0.25) is 0 Å². The van der Waals surface area contributed by atoms with E-state index in [2.05, 4.69) is 20.8 Å². The first-order chi connectivity index (χ1) is 7.22. The number of methoxy groups -OCH3 is 2. The lowest BCUT2D eigenvalue weighted by Gasteiger charge is -2.11. The monoisotopic (exact) mass is 275 g/mol. The highest BCUT2D eigenvalue weighted by Crippen LogP contribution is 2.32. The zero-order valence-corrected chi connectivity index (χ0v) is 10.3. The largest absolute Gasteiger partial charge is 0.496 e. The van der Waals surface area contributed by atoms with E-state index in [4.69, 9.17) is 15.4 Å². The lowest BCUT2D eigenvalue weighted by molar-refractivity contribution is 0.140. The van der Waals surface area contributed by atoms with Crippen molar-refractivity contribution in [3.8, 4) is 11.5 Å². The van der Waals surface area contributed by atoms with Crippen LogP contribution >= 0.6 is 15.9 Å². The minimum Gasteiger partial charge on any atom is -0.496 e. The van der Waals surface area contributed by atoms with Gasteiger partial charge in [-0.3, -0.25) is 0 Å². The lowest BCUT2D eigenvalue weighted by Crippen LogP contribution is -2.05. The van der Waals surface area contributed by atoms with Gasteiger partial charge in [-0.25, -0.2) is 5.90 Å². The first-order valence-electron chi connectivity index (χ1n) is 4.45. The van der Waals surface area contributed by atoms with Gasteiger partial charge in [0.1, 0.15) is 11.5 Å². The topological polar surface area (TPSA) is 53.7 Å². The molecule has 0 saturated carbocycles. The van der Waals surface area contributed by atoms with Crippen LogP contribution in [0, 0.1) is 0 Å². The number of benzene rings is 1. The van der Waals surface area contributed by atoms with Crippen molar-refractivity contribution in [1.29, 1.82) is 0 Å². The maximum atomic E-state index is 5.24. The molecule has 1 aromatic rings. The quantitative estimate of drug-likeness (QED) is 0.834. The molecule has 0 fully saturated rings. The van der Waals surface area contributed by atoms with Crippen LogP contribution in [-0.2, 0) is 11.3 Å². The fourth-order valence-corrected chi connectivity index (χ4v) is 1.84. The van der Waals surface area contributed by atoms with Crippen LogP contribution in [0.1, 0.15) is 5.56 Å². The lowest BCUT2D eigenvalue weighted by atomic mass is 10.1. The molecule has 4 nitrogen and oxygen atoms in total. The second kappa shape index (κ2) is 5.95. The first-order valence-corrected chi connectivity index (χ1v) is 5.24. The van der Waals surface area contributed by atoms with Crippen LogP contribution in [0.3, 0.4) is 0 Å². The Kier molecular flexibility index (Phi) is 4.87. The Morgan fingerprint density at radius 3 is 2.40 bits per heavy atom. The van der Waals surface area contributed by atoms with Crippen LogP contribution in [0.5, 0.6) is 11.5 Å². The van der Waals surface area contributed by atoms with E-state index in [0.717, 1.165) is 21.5 Å². The molecule has 0 aliphatic rings. The predicted octanol–water partition coefficient (Wildman–Crippen LogP) is 1.90. The molecule has 0 radical (unpaired) electrons. The van der Waals surface area contributed by atoms with Crippen molar-refractivity contribution in [2.45, 2.75) is 6.42 Å². The fraction of sp³-hybridized carbons (Fsp3) is 0.400. The summed E-state index contributed by atoms with van der Waals surface area (Å²) in [6.45, 7) is 0.454. The summed E-state index contributed by atoms with van der Waals surface area (Å²) in [5.41, 5.74) is 1.02. The number of ether oxygens (including phenoxy) is 2. The maximum absolute atomic E-state index is 5.24. The molecular formula is C10H14BrNO3. The van der Waals surface area contributed by atoms with Crippen molar-refractivity contribution in [2.24, 2.45) is 5.90 Å². The molecule has 0 bridgehead atoms. The summed E-state index contributed by atoms with van der Waals surface area (Å²) in [6, 6.07) is 3.77. The number of rotatable bonds is 5. The van der Waals surface area contributed by atoms with Crippen LogP contribution < -0.4 is 15.4 Å². The summed E-state index contributed by atoms with van der Waals surface area (Å²) in [4.78, 5) is 4.54. The molecule has 0 aliphatic heterocycles. The van der Waals surface area contributed by atoms with E-state index in [9.17, 15) is 0 Å². The maximum Gasteiger partial charge on any atom is 0.136 e. The average Bonchev–Trinajstić information content (AvgIpc) is 2.26. The van der Waals surface area contributed by atoms with Gasteiger partial charge in [-0.1, -0.05) is 0 Å². The molecule has 2 N–H and O–H groups in total. The zero-order chi connectivity index (χ0) is 11.3. The van der Waals surface area contributed by atoms with Gasteiger partial charge in [0.25, 0.3) is 0 Å². The summed E-state index contributed by atoms with van der Waals surface area (Å²) in [7, 11) is 3.23. The van der Waals surface area contributed by atoms with E-state index in [1.165, 1.54) is 0 Å². The molecule has 0 aliphatic carbocycles. The smallest absolute Gasteiger partial charge is 0.136 e. The van der Waals surface area contributed by atoms with Crippen LogP contribution in [0.15, 0.2) is 16.6 Å². The molecule has 1 rings (SSSR count). The number of nitrogens with two attached hydrogens (primary N) is 1. The molecule has 1 aromatic carbocycles. The van der Waals surface area contributed by atoms with E-state index in [-0.39, 0.29) is 0 Å². The van der Waals surface area contributed by atoms with E-state index >= 15 is 0 Å². The third kappa shape index (κ3) is 3.09. The molecule has 0 spiro atoms. The second-order valence-electron chi connectivity index (χ2n) is 2.92. The van der Waals surface area contributed by atoms with Crippen LogP contribution in [-0.4, -0.2) is 20.8 Å². The van der Waals surface area contributed by atoms with Gasteiger partial charge in [0.2, 0.25) is 0 Å². The Bertz CT molecular complexity index is 331. The predicted molar refractivity (Wildman–Crippen MR) is 61.1 cm³/mol. The first kappa shape index (κ1) is 12.3. The molecule has 0 atom stereocenters. The third-order valence-corrected chi connectivity index (χ3v) is 2.66. The summed E-state index contributed by atoms with van der Waals surface area (Å²) in [5, 5.41) is 0. The Balaban J connectivity index is 2.98. The summed E-state index contributed by atoms with van der Waals surface area (Å²) in [6.07, 6.45) is 0.697. The molecule has 0 unspecified atom stereocenters. The van der Waals surface area contributed by atoms with Gasteiger partial charge in [0.05, 0.1) is 25.3 Å². The summed E-state index contributed by atoms with van der Waals surface area (Å²) >= 11 is 3.41. The minimum absolute atomic E-state index is 0.454. The van der Waals surface area contributed by atoms with Crippen molar-refractivity contribution in [2.75, 3.05) is 20.8 Å². The highest BCUT2D eigenvalue weighted by atomic mass is 79.9. The third-order valence-electron chi connectivity index (χ3n) is 2.04. The molecule has 5 heteroatoms. The van der Waals surface area contributed by atoms with Gasteiger partial charge >= 0.3 is 0 Å². The Labute approximate surface area is 97.4 Å². The standard InChI is InChI=1S/C10H14BrNO3/c1-13-9-6-10(14-2)8(11)5-7(9)3-4-15-12/h5-6H,3-4,12H2,1-2H3. The van der Waals surface area contributed by atoms with Gasteiger partial charge in [0.15, 0.2) is 0 Å². The van der Waals surface area contributed by atoms with E-state index in [0.29, 0.717) is 13.0 Å². The number of halogens is 1. The van der Waals surface area contributed by atoms with E-state index in [1.54, 1.807) is 14.2 Å². The summed E-state index contributed by atoms with van der Waals surface area (Å²) < 4.78 is 11.3. The highest BCUT2D eigenvalue weighted by molar-refractivity contribution is 9.10. The highest BCUT2D eigenvalue weighted by Gasteiger charge is 2.09. The Morgan fingerprint density at radius 2 is 1.87 bits per heavy atom.